The minimum absolute atomic E-state index is 0.0162. The number of hydrogen-bond acceptors (Lipinski definition) is 5. The van der Waals surface area contributed by atoms with Gasteiger partial charge in [0.2, 0.25) is 11.9 Å². The summed E-state index contributed by atoms with van der Waals surface area (Å²) in [6, 6.07) is 20.7. The lowest BCUT2D eigenvalue weighted by atomic mass is 10.0. The molecule has 0 unspecified atom stereocenters. The van der Waals surface area contributed by atoms with Gasteiger partial charge in [-0.2, -0.15) is 0 Å². The summed E-state index contributed by atoms with van der Waals surface area (Å²) in [4.78, 5) is 37.1. The molecule has 1 saturated carbocycles. The van der Waals surface area contributed by atoms with Crippen molar-refractivity contribution >= 4 is 40.3 Å². The third kappa shape index (κ3) is 6.23. The first-order valence-corrected chi connectivity index (χ1v) is 11.4. The summed E-state index contributed by atoms with van der Waals surface area (Å²) in [7, 11) is 0. The summed E-state index contributed by atoms with van der Waals surface area (Å²) in [6.45, 7) is 5.11. The Morgan fingerprint density at radius 1 is 0.914 bits per heavy atom. The molecule has 4 rings (SSSR count). The lowest BCUT2D eigenvalue weighted by Gasteiger charge is -2.19. The molecule has 0 heterocycles. The van der Waals surface area contributed by atoms with E-state index in [9.17, 15) is 14.4 Å². The number of benzene rings is 3. The maximum atomic E-state index is 12.8. The highest BCUT2D eigenvalue weighted by molar-refractivity contribution is 6.08. The Hall–Kier alpha value is -4.20. The van der Waals surface area contributed by atoms with Crippen LogP contribution in [0.1, 0.15) is 49.0 Å². The summed E-state index contributed by atoms with van der Waals surface area (Å²) in [6.07, 6.45) is -0.129. The van der Waals surface area contributed by atoms with Gasteiger partial charge in [-0.3, -0.25) is 25.6 Å². The van der Waals surface area contributed by atoms with E-state index in [1.54, 1.807) is 39.0 Å². The van der Waals surface area contributed by atoms with Gasteiger partial charge in [-0.05, 0) is 73.7 Å². The van der Waals surface area contributed by atoms with Crippen LogP contribution >= 0.6 is 0 Å². The van der Waals surface area contributed by atoms with Crippen LogP contribution in [0.4, 0.5) is 10.5 Å². The normalized spacial score (nSPS) is 16.8. The van der Waals surface area contributed by atoms with Crippen molar-refractivity contribution < 1.29 is 19.1 Å². The van der Waals surface area contributed by atoms with Crippen LogP contribution in [-0.4, -0.2) is 29.5 Å². The molecule has 0 radical (unpaired) electrons. The zero-order chi connectivity index (χ0) is 25.2. The largest absolute Gasteiger partial charge is 0.444 e. The molecule has 3 aromatic rings. The highest BCUT2D eigenvalue weighted by atomic mass is 16.6. The number of nitrogens with one attached hydrogen (secondary N) is 4. The van der Waals surface area contributed by atoms with Gasteiger partial charge in [-0.1, -0.05) is 42.5 Å². The summed E-state index contributed by atoms with van der Waals surface area (Å²) >= 11 is 0. The third-order valence-electron chi connectivity index (χ3n) is 5.59. The molecule has 0 saturated heterocycles. The smallest absolute Gasteiger partial charge is 0.414 e. The molecule has 3 aromatic carbocycles. The summed E-state index contributed by atoms with van der Waals surface area (Å²) in [5, 5.41) is 17.5. The average molecular weight is 473 g/mol. The quantitative estimate of drug-likeness (QED) is 0.323. The number of hydrogen-bond donors (Lipinski definition) is 4. The first-order chi connectivity index (χ1) is 16.6. The molecular weight excluding hydrogens is 444 g/mol. The van der Waals surface area contributed by atoms with Crippen molar-refractivity contribution in [2.75, 3.05) is 5.32 Å². The van der Waals surface area contributed by atoms with E-state index in [1.165, 1.54) is 0 Å². The Morgan fingerprint density at radius 2 is 1.66 bits per heavy atom. The molecule has 2 atom stereocenters. The van der Waals surface area contributed by atoms with Gasteiger partial charge in [0.05, 0.1) is 0 Å². The van der Waals surface area contributed by atoms with Gasteiger partial charge in [-0.25, -0.2) is 4.79 Å². The number of carbonyl (C=O) groups is 3. The van der Waals surface area contributed by atoms with E-state index in [4.69, 9.17) is 10.1 Å². The maximum Gasteiger partial charge on any atom is 0.414 e. The number of alkyl carbamates (subject to hydrolysis) is 1. The number of rotatable bonds is 4. The Morgan fingerprint density at radius 3 is 2.40 bits per heavy atom. The zero-order valence-electron chi connectivity index (χ0n) is 19.8. The molecular formula is C27H28N4O4. The monoisotopic (exact) mass is 472 g/mol. The topological polar surface area (TPSA) is 120 Å². The fourth-order valence-corrected chi connectivity index (χ4v) is 3.89. The molecule has 1 aliphatic rings. The van der Waals surface area contributed by atoms with Crippen molar-refractivity contribution in [1.82, 2.24) is 10.6 Å². The highest BCUT2D eigenvalue weighted by Crippen LogP contribution is 2.48. The Labute approximate surface area is 203 Å². The third-order valence-corrected chi connectivity index (χ3v) is 5.59. The number of amides is 3. The molecule has 35 heavy (non-hydrogen) atoms. The Kier molecular flexibility index (Phi) is 6.55. The van der Waals surface area contributed by atoms with Crippen LogP contribution in [0.2, 0.25) is 0 Å². The van der Waals surface area contributed by atoms with E-state index in [0.29, 0.717) is 12.0 Å². The lowest BCUT2D eigenvalue weighted by molar-refractivity contribution is -0.117. The van der Waals surface area contributed by atoms with Crippen LogP contribution in [0.25, 0.3) is 10.8 Å². The van der Waals surface area contributed by atoms with E-state index in [2.05, 4.69) is 16.0 Å². The van der Waals surface area contributed by atoms with Gasteiger partial charge < -0.3 is 10.1 Å². The SMILES string of the molecule is CC(C)(C)OC(=O)NC(=N)NC(=O)c1cccc([C@@H]2C[C@H]2C(=O)Nc2ccc3ccccc3c2)c1. The number of ether oxygens (including phenoxy) is 1. The summed E-state index contributed by atoms with van der Waals surface area (Å²) in [5.74, 6) is -1.22. The van der Waals surface area contributed by atoms with Crippen molar-refractivity contribution in [3.8, 4) is 0 Å². The molecule has 3 amide bonds. The molecule has 0 aliphatic heterocycles. The van der Waals surface area contributed by atoms with Crippen LogP contribution in [0.15, 0.2) is 66.7 Å². The van der Waals surface area contributed by atoms with Gasteiger partial charge >= 0.3 is 6.09 Å². The van der Waals surface area contributed by atoms with E-state index in [-0.39, 0.29) is 17.7 Å². The molecule has 0 spiro atoms. The molecule has 8 nitrogen and oxygen atoms in total. The summed E-state index contributed by atoms with van der Waals surface area (Å²) < 4.78 is 5.07. The van der Waals surface area contributed by atoms with Crippen LogP contribution in [0, 0.1) is 11.3 Å². The minimum Gasteiger partial charge on any atom is -0.444 e. The Bertz CT molecular complexity index is 1310. The van der Waals surface area contributed by atoms with Crippen molar-refractivity contribution in [2.24, 2.45) is 5.92 Å². The number of anilines is 1. The molecule has 0 aromatic heterocycles. The molecule has 4 N–H and O–H groups in total. The first kappa shape index (κ1) is 23.9. The number of fused-ring (bicyclic) bond motifs is 1. The molecule has 1 aliphatic carbocycles. The second kappa shape index (κ2) is 9.58. The van der Waals surface area contributed by atoms with E-state index >= 15 is 0 Å². The molecule has 0 bridgehead atoms. The second-order valence-corrected chi connectivity index (χ2v) is 9.58. The number of carbonyl (C=O) groups excluding carboxylic acids is 3. The summed E-state index contributed by atoms with van der Waals surface area (Å²) in [5.41, 5.74) is 1.25. The molecule has 1 fully saturated rings. The standard InChI is InChI=1S/C27H28N4O4/c1-27(2,3)35-26(34)31-25(28)30-23(32)19-10-6-9-18(13-19)21-15-22(21)24(33)29-20-12-11-16-7-4-5-8-17(16)14-20/h4-14,21-22H,15H2,1-3H3,(H,29,33)(H3,28,30,31,32,34)/t21-,22+/m0/s1. The second-order valence-electron chi connectivity index (χ2n) is 9.58. The fraction of sp³-hybridized carbons (Fsp3) is 0.259. The lowest BCUT2D eigenvalue weighted by Crippen LogP contribution is -2.45. The molecule has 8 heteroatoms. The fourth-order valence-electron chi connectivity index (χ4n) is 3.89. The van der Waals surface area contributed by atoms with Crippen molar-refractivity contribution in [3.63, 3.8) is 0 Å². The predicted molar refractivity (Wildman–Crippen MR) is 134 cm³/mol. The van der Waals surface area contributed by atoms with Gasteiger partial charge in [0.25, 0.3) is 5.91 Å². The van der Waals surface area contributed by atoms with E-state index < -0.39 is 23.6 Å². The van der Waals surface area contributed by atoms with Gasteiger partial charge in [0.1, 0.15) is 5.60 Å². The van der Waals surface area contributed by atoms with Crippen LogP contribution in [-0.2, 0) is 9.53 Å². The average Bonchev–Trinajstić information content (AvgIpc) is 3.59. The Balaban J connectivity index is 1.34. The maximum absolute atomic E-state index is 12.8. The minimum atomic E-state index is -0.824. The first-order valence-electron chi connectivity index (χ1n) is 11.4. The van der Waals surface area contributed by atoms with Crippen molar-refractivity contribution in [3.05, 3.63) is 77.9 Å². The van der Waals surface area contributed by atoms with E-state index in [1.807, 2.05) is 48.5 Å². The predicted octanol–water partition coefficient (Wildman–Crippen LogP) is 4.77. The van der Waals surface area contributed by atoms with Gasteiger partial charge in [0, 0.05) is 17.2 Å². The molecule has 180 valence electrons. The number of guanidine groups is 1. The van der Waals surface area contributed by atoms with Crippen LogP contribution in [0.3, 0.4) is 0 Å². The van der Waals surface area contributed by atoms with Gasteiger partial charge in [0.15, 0.2) is 0 Å². The zero-order valence-corrected chi connectivity index (χ0v) is 19.8. The van der Waals surface area contributed by atoms with Crippen LogP contribution < -0.4 is 16.0 Å². The van der Waals surface area contributed by atoms with Crippen molar-refractivity contribution in [1.29, 1.82) is 5.41 Å². The van der Waals surface area contributed by atoms with E-state index in [0.717, 1.165) is 22.0 Å². The van der Waals surface area contributed by atoms with Crippen molar-refractivity contribution in [2.45, 2.75) is 38.7 Å². The van der Waals surface area contributed by atoms with Gasteiger partial charge in [-0.15, -0.1) is 0 Å². The highest BCUT2D eigenvalue weighted by Gasteiger charge is 2.44. The van der Waals surface area contributed by atoms with Crippen LogP contribution in [0.5, 0.6) is 0 Å².